The third-order valence-corrected chi connectivity index (χ3v) is 8.68. The van der Waals surface area contributed by atoms with Gasteiger partial charge in [0.1, 0.15) is 0 Å². The second-order valence-electron chi connectivity index (χ2n) is 7.96. The van der Waals surface area contributed by atoms with E-state index in [1.165, 1.54) is 0 Å². The van der Waals surface area contributed by atoms with Crippen molar-refractivity contribution in [1.29, 1.82) is 0 Å². The molecule has 0 bridgehead atoms. The summed E-state index contributed by atoms with van der Waals surface area (Å²) in [6.45, 7) is 1.32. The molecule has 4 N–H and O–H groups in total. The van der Waals surface area contributed by atoms with E-state index < -0.39 is 18.5 Å². The van der Waals surface area contributed by atoms with Crippen molar-refractivity contribution < 1.29 is 24.1 Å². The molecule has 0 saturated carbocycles. The Kier molecular flexibility index (Phi) is 7.49. The van der Waals surface area contributed by atoms with Crippen molar-refractivity contribution in [3.63, 3.8) is 0 Å². The van der Waals surface area contributed by atoms with Crippen molar-refractivity contribution in [1.82, 2.24) is 9.88 Å². The highest BCUT2D eigenvalue weighted by Crippen LogP contribution is 2.59. The summed E-state index contributed by atoms with van der Waals surface area (Å²) in [5, 5.41) is 8.32. The van der Waals surface area contributed by atoms with Crippen LogP contribution < -0.4 is 10.5 Å². The van der Waals surface area contributed by atoms with E-state index in [9.17, 15) is 19.4 Å². The highest BCUT2D eigenvalue weighted by Gasteiger charge is 2.56. The van der Waals surface area contributed by atoms with Gasteiger partial charge in [-0.05, 0) is 36.6 Å². The molecule has 1 unspecified atom stereocenters. The lowest BCUT2D eigenvalue weighted by molar-refractivity contribution is -0.141. The lowest BCUT2D eigenvalue weighted by atomic mass is 9.97. The van der Waals surface area contributed by atoms with Crippen molar-refractivity contribution in [3.05, 3.63) is 48.2 Å². The number of carbonyl (C=O) groups is 1. The van der Waals surface area contributed by atoms with Crippen LogP contribution in [0, 0.1) is 0 Å². The number of nitrogens with zero attached hydrogens (tertiary/aromatic N) is 2. The predicted molar refractivity (Wildman–Crippen MR) is 119 cm³/mol. The van der Waals surface area contributed by atoms with Gasteiger partial charge >= 0.3 is 5.97 Å². The number of ether oxygens (including phenoxy) is 1. The number of rotatable bonds is 9. The van der Waals surface area contributed by atoms with Gasteiger partial charge in [0.15, 0.2) is 5.16 Å². The molecule has 0 amide bonds. The smallest absolute Gasteiger partial charge is 0.320 e. The molecular weight excluding hydrogens is 417 g/mol. The fourth-order valence-electron chi connectivity index (χ4n) is 4.17. The zero-order valence-electron chi connectivity index (χ0n) is 17.7. The van der Waals surface area contributed by atoms with E-state index in [2.05, 4.69) is 4.98 Å². The molecule has 168 valence electrons. The topological polar surface area (TPSA) is 126 Å². The number of carboxylic acids is 1. The molecule has 1 aromatic carbocycles. The normalized spacial score (nSPS) is 24.1. The fourth-order valence-corrected chi connectivity index (χ4v) is 6.38. The van der Waals surface area contributed by atoms with Crippen LogP contribution in [0.25, 0.3) is 11.1 Å². The summed E-state index contributed by atoms with van der Waals surface area (Å²) >= 11 is 0. The number of hydrogen-bond acceptors (Lipinski definition) is 6. The molecule has 1 aliphatic heterocycles. The minimum absolute atomic E-state index is 0.0335. The van der Waals surface area contributed by atoms with Gasteiger partial charge in [-0.25, -0.2) is 4.98 Å². The molecule has 1 fully saturated rings. The number of methoxy groups -OCH3 is 1. The molecular formula is C22H30N3O5P. The van der Waals surface area contributed by atoms with Gasteiger partial charge in [0.2, 0.25) is 13.2 Å². The van der Waals surface area contributed by atoms with Crippen molar-refractivity contribution in [2.45, 2.75) is 31.0 Å². The molecule has 2 aromatic rings. The lowest BCUT2D eigenvalue weighted by Crippen LogP contribution is -2.53. The van der Waals surface area contributed by atoms with E-state index >= 15 is 0 Å². The Morgan fingerprint density at radius 1 is 1.29 bits per heavy atom. The maximum atomic E-state index is 13.0. The predicted octanol–water partition coefficient (Wildman–Crippen LogP) is 2.80. The van der Waals surface area contributed by atoms with Crippen LogP contribution in [0.1, 0.15) is 24.8 Å². The van der Waals surface area contributed by atoms with Crippen molar-refractivity contribution in [3.8, 4) is 17.0 Å². The van der Waals surface area contributed by atoms with Crippen LogP contribution >= 0.6 is 7.37 Å². The van der Waals surface area contributed by atoms with Gasteiger partial charge in [0.25, 0.3) is 0 Å². The first-order valence-corrected chi connectivity index (χ1v) is 12.2. The van der Waals surface area contributed by atoms with E-state index in [-0.39, 0.29) is 19.1 Å². The summed E-state index contributed by atoms with van der Waals surface area (Å²) in [4.78, 5) is 29.1. The number of nitrogens with two attached hydrogens (primary N) is 1. The Morgan fingerprint density at radius 2 is 2.06 bits per heavy atom. The molecule has 3 rings (SSSR count). The quantitative estimate of drug-likeness (QED) is 0.396. The van der Waals surface area contributed by atoms with Crippen LogP contribution in [-0.4, -0.2) is 63.9 Å². The Balaban J connectivity index is 1.86. The fraction of sp³-hybridized carbons (Fsp3) is 0.455. The Hall–Kier alpha value is -2.25. The number of aliphatic carboxylic acids is 1. The van der Waals surface area contributed by atoms with Gasteiger partial charge in [0, 0.05) is 43.6 Å². The third kappa shape index (κ3) is 4.99. The third-order valence-electron chi connectivity index (χ3n) is 5.98. The standard InChI is InChI=1S/C22H30N3O5P/c1-30-20-9-8-17(14-24-20)19-7-3-2-6-18(19)15-25-12-13-31(28,29)22(16-25,21(26)27)10-4-5-11-23/h2-3,6-9,14H,4-5,10-13,15-16,23H2,1H3,(H,26,27)(H,28,29)/t22-/m0/s1. The largest absolute Gasteiger partial charge is 0.481 e. The van der Waals surface area contributed by atoms with Crippen molar-refractivity contribution >= 4 is 13.3 Å². The second-order valence-corrected chi connectivity index (χ2v) is 10.7. The van der Waals surface area contributed by atoms with Crippen LogP contribution in [0.4, 0.5) is 0 Å². The monoisotopic (exact) mass is 447 g/mol. The first-order chi connectivity index (χ1) is 14.8. The first kappa shape index (κ1) is 23.4. The molecule has 9 heteroatoms. The number of unbranched alkanes of at least 4 members (excludes halogenated alkanes) is 1. The zero-order chi connectivity index (χ0) is 22.5. The van der Waals surface area contributed by atoms with Gasteiger partial charge < -0.3 is 20.5 Å². The average Bonchev–Trinajstić information content (AvgIpc) is 2.76. The van der Waals surface area contributed by atoms with Crippen LogP contribution in [0.15, 0.2) is 42.6 Å². The van der Waals surface area contributed by atoms with E-state index in [1.54, 1.807) is 19.4 Å². The van der Waals surface area contributed by atoms with E-state index in [0.717, 1.165) is 16.7 Å². The lowest BCUT2D eigenvalue weighted by Gasteiger charge is -2.43. The highest BCUT2D eigenvalue weighted by atomic mass is 31.2. The molecule has 0 aliphatic carbocycles. The highest BCUT2D eigenvalue weighted by molar-refractivity contribution is 7.61. The van der Waals surface area contributed by atoms with Crippen molar-refractivity contribution in [2.75, 3.05) is 32.9 Å². The summed E-state index contributed by atoms with van der Waals surface area (Å²) < 4.78 is 18.1. The van der Waals surface area contributed by atoms with Gasteiger partial charge in [-0.15, -0.1) is 0 Å². The summed E-state index contributed by atoms with van der Waals surface area (Å²) in [6.07, 6.45) is 2.99. The summed E-state index contributed by atoms with van der Waals surface area (Å²) in [5.41, 5.74) is 8.46. The molecule has 31 heavy (non-hydrogen) atoms. The maximum Gasteiger partial charge on any atom is 0.320 e. The Morgan fingerprint density at radius 3 is 2.71 bits per heavy atom. The number of pyridine rings is 1. The van der Waals surface area contributed by atoms with E-state index in [4.69, 9.17) is 10.5 Å². The number of aromatic nitrogens is 1. The molecule has 0 spiro atoms. The first-order valence-electron chi connectivity index (χ1n) is 10.4. The Labute approximate surface area is 182 Å². The van der Waals surface area contributed by atoms with Gasteiger partial charge in [-0.2, -0.15) is 0 Å². The van der Waals surface area contributed by atoms with E-state index in [1.807, 2.05) is 35.2 Å². The molecule has 1 aromatic heterocycles. The average molecular weight is 447 g/mol. The number of carboxylic acid groups (broad SMARTS) is 1. The second kappa shape index (κ2) is 9.92. The SMILES string of the molecule is COc1ccc(-c2ccccc2CN2CCP(=O)(O)[C@](CCCCN)(C(=O)O)C2)cn1. The minimum Gasteiger partial charge on any atom is -0.481 e. The van der Waals surface area contributed by atoms with Gasteiger partial charge in [-0.3, -0.25) is 14.3 Å². The maximum absolute atomic E-state index is 13.0. The molecule has 1 saturated heterocycles. The molecule has 8 nitrogen and oxygen atoms in total. The van der Waals surface area contributed by atoms with Crippen LogP contribution in [0.3, 0.4) is 0 Å². The Bertz CT molecular complexity index is 952. The molecule has 2 atom stereocenters. The summed E-state index contributed by atoms with van der Waals surface area (Å²) in [5.74, 6) is -0.674. The molecule has 2 heterocycles. The van der Waals surface area contributed by atoms with Crippen LogP contribution in [0.5, 0.6) is 5.88 Å². The zero-order valence-corrected chi connectivity index (χ0v) is 18.6. The van der Waals surface area contributed by atoms with Crippen molar-refractivity contribution in [2.24, 2.45) is 5.73 Å². The number of hydrogen-bond donors (Lipinski definition) is 3. The minimum atomic E-state index is -3.85. The van der Waals surface area contributed by atoms with Crippen LogP contribution in [0.2, 0.25) is 0 Å². The summed E-state index contributed by atoms with van der Waals surface area (Å²) in [7, 11) is -2.29. The molecule has 0 radical (unpaired) electrons. The van der Waals surface area contributed by atoms with Gasteiger partial charge in [-0.1, -0.05) is 30.7 Å². The van der Waals surface area contributed by atoms with Gasteiger partial charge in [0.05, 0.1) is 7.11 Å². The van der Waals surface area contributed by atoms with Crippen LogP contribution in [-0.2, 0) is 15.9 Å². The number of benzene rings is 1. The molecule has 1 aliphatic rings. The summed E-state index contributed by atoms with van der Waals surface area (Å²) in [6, 6.07) is 11.6. The van der Waals surface area contributed by atoms with E-state index in [0.29, 0.717) is 38.4 Å².